The van der Waals surface area contributed by atoms with Crippen LogP contribution in [0.2, 0.25) is 0 Å². The van der Waals surface area contributed by atoms with Crippen LogP contribution in [0.25, 0.3) is 11.1 Å². The predicted molar refractivity (Wildman–Crippen MR) is 125 cm³/mol. The van der Waals surface area contributed by atoms with Crippen LogP contribution < -0.4 is 9.46 Å². The predicted octanol–water partition coefficient (Wildman–Crippen LogP) is 5.09. The van der Waals surface area contributed by atoms with Gasteiger partial charge in [0.25, 0.3) is 15.9 Å². The monoisotopic (exact) mass is 467 g/mol. The van der Waals surface area contributed by atoms with Gasteiger partial charge in [-0.3, -0.25) is 4.79 Å². The maximum absolute atomic E-state index is 12.8. The van der Waals surface area contributed by atoms with Crippen molar-refractivity contribution >= 4 is 22.1 Å². The smallest absolute Gasteiger partial charge is 0.428 e. The second-order valence-corrected chi connectivity index (χ2v) is 10.1. The Labute approximate surface area is 193 Å². The number of ether oxygens (including phenoxy) is 2. The Kier molecular flexibility index (Phi) is 6.88. The number of sulfonamides is 1. The molecule has 0 atom stereocenters. The average Bonchev–Trinajstić information content (AvgIpc) is 2.73. The maximum Gasteiger partial charge on any atom is 0.514 e. The lowest BCUT2D eigenvalue weighted by molar-refractivity contribution is 0.0206. The fraction of sp³-hybridized carbons (Fsp3) is 0.200. The fourth-order valence-corrected chi connectivity index (χ4v) is 3.98. The van der Waals surface area contributed by atoms with Crippen molar-refractivity contribution in [1.29, 1.82) is 0 Å². The molecule has 0 heterocycles. The van der Waals surface area contributed by atoms with Crippen LogP contribution in [0.4, 0.5) is 4.79 Å². The van der Waals surface area contributed by atoms with E-state index in [1.807, 2.05) is 37.3 Å². The topological polar surface area (TPSA) is 98.8 Å². The summed E-state index contributed by atoms with van der Waals surface area (Å²) in [6.45, 7) is 7.01. The quantitative estimate of drug-likeness (QED) is 0.414. The van der Waals surface area contributed by atoms with E-state index in [0.717, 1.165) is 16.7 Å². The van der Waals surface area contributed by atoms with E-state index in [9.17, 15) is 18.0 Å². The number of amides is 1. The molecule has 8 heteroatoms. The van der Waals surface area contributed by atoms with E-state index in [2.05, 4.69) is 4.72 Å². The summed E-state index contributed by atoms with van der Waals surface area (Å²) in [4.78, 5) is 24.3. The van der Waals surface area contributed by atoms with Crippen LogP contribution in [0.5, 0.6) is 5.75 Å². The van der Waals surface area contributed by atoms with E-state index in [4.69, 9.17) is 9.47 Å². The summed E-state index contributed by atoms with van der Waals surface area (Å²) in [5, 5.41) is 0. The molecule has 0 aliphatic rings. The number of aryl methyl sites for hydroxylation is 1. The Bertz CT molecular complexity index is 1260. The summed E-state index contributed by atoms with van der Waals surface area (Å²) >= 11 is 0. The minimum atomic E-state index is -4.11. The van der Waals surface area contributed by atoms with Crippen LogP contribution in [0.3, 0.4) is 0 Å². The molecule has 0 saturated carbocycles. The van der Waals surface area contributed by atoms with Crippen molar-refractivity contribution in [2.75, 3.05) is 0 Å². The minimum absolute atomic E-state index is 0.0230. The van der Waals surface area contributed by atoms with E-state index < -0.39 is 27.7 Å². The van der Waals surface area contributed by atoms with E-state index in [-0.39, 0.29) is 16.2 Å². The molecule has 3 aromatic rings. The van der Waals surface area contributed by atoms with Crippen LogP contribution in [0.1, 0.15) is 36.7 Å². The number of hydrogen-bond acceptors (Lipinski definition) is 6. The lowest BCUT2D eigenvalue weighted by Gasteiger charge is -2.18. The van der Waals surface area contributed by atoms with E-state index in [1.54, 1.807) is 26.8 Å². The van der Waals surface area contributed by atoms with E-state index in [1.165, 1.54) is 36.4 Å². The van der Waals surface area contributed by atoms with Gasteiger partial charge >= 0.3 is 6.16 Å². The van der Waals surface area contributed by atoms with Crippen molar-refractivity contribution < 1.29 is 27.5 Å². The number of carbonyl (C=O) groups is 2. The molecule has 1 amide bonds. The van der Waals surface area contributed by atoms with Crippen LogP contribution in [0, 0.1) is 6.92 Å². The van der Waals surface area contributed by atoms with Crippen LogP contribution in [-0.4, -0.2) is 26.1 Å². The summed E-state index contributed by atoms with van der Waals surface area (Å²) in [6.07, 6.45) is -0.879. The first-order valence-corrected chi connectivity index (χ1v) is 11.7. The Hall–Kier alpha value is -3.65. The molecule has 0 bridgehead atoms. The van der Waals surface area contributed by atoms with Crippen molar-refractivity contribution in [1.82, 2.24) is 4.72 Å². The van der Waals surface area contributed by atoms with Gasteiger partial charge in [-0.2, -0.15) is 0 Å². The van der Waals surface area contributed by atoms with Gasteiger partial charge in [0, 0.05) is 5.56 Å². The van der Waals surface area contributed by atoms with Crippen molar-refractivity contribution in [2.45, 2.75) is 38.2 Å². The maximum atomic E-state index is 12.8. The van der Waals surface area contributed by atoms with Crippen molar-refractivity contribution in [2.24, 2.45) is 0 Å². The van der Waals surface area contributed by atoms with Crippen LogP contribution in [-0.2, 0) is 14.8 Å². The third kappa shape index (κ3) is 6.43. The zero-order chi connectivity index (χ0) is 24.2. The molecule has 0 spiro atoms. The number of hydrogen-bond donors (Lipinski definition) is 1. The van der Waals surface area contributed by atoms with Gasteiger partial charge in [0.15, 0.2) is 0 Å². The molecule has 0 aromatic heterocycles. The van der Waals surface area contributed by atoms with Gasteiger partial charge < -0.3 is 9.47 Å². The highest BCUT2D eigenvalue weighted by Crippen LogP contribution is 2.26. The lowest BCUT2D eigenvalue weighted by Crippen LogP contribution is -2.30. The number of rotatable bonds is 5. The van der Waals surface area contributed by atoms with Gasteiger partial charge in [0.05, 0.1) is 4.90 Å². The molecule has 0 aliphatic heterocycles. The Balaban J connectivity index is 1.74. The SMILES string of the molecule is Cc1ccc(S(=O)(=O)NC(=O)c2ccc(OC(=O)OC(C)(C)C)cc2)cc1-c1ccccc1. The lowest BCUT2D eigenvalue weighted by atomic mass is 10.0. The van der Waals surface area contributed by atoms with Crippen LogP contribution >= 0.6 is 0 Å². The molecule has 33 heavy (non-hydrogen) atoms. The molecule has 0 unspecified atom stereocenters. The van der Waals surface area contributed by atoms with Crippen LogP contribution in [0.15, 0.2) is 77.7 Å². The summed E-state index contributed by atoms with van der Waals surface area (Å²) < 4.78 is 37.9. The van der Waals surface area contributed by atoms with Gasteiger partial charge in [0.2, 0.25) is 0 Å². The number of benzene rings is 3. The van der Waals surface area contributed by atoms with Gasteiger partial charge in [-0.1, -0.05) is 36.4 Å². The first-order chi connectivity index (χ1) is 15.4. The normalized spacial score (nSPS) is 11.5. The highest BCUT2D eigenvalue weighted by molar-refractivity contribution is 7.90. The number of nitrogens with one attached hydrogen (secondary N) is 1. The summed E-state index contributed by atoms with van der Waals surface area (Å²) in [5.74, 6) is -0.643. The van der Waals surface area contributed by atoms with Crippen molar-refractivity contribution in [3.63, 3.8) is 0 Å². The summed E-state index contributed by atoms with van der Waals surface area (Å²) in [6, 6.07) is 19.6. The summed E-state index contributed by atoms with van der Waals surface area (Å²) in [5.41, 5.74) is 1.92. The van der Waals surface area contributed by atoms with Gasteiger partial charge in [0.1, 0.15) is 11.4 Å². The molecular formula is C25H25NO6S. The molecule has 3 rings (SSSR count). The molecule has 0 fully saturated rings. The van der Waals surface area contributed by atoms with Gasteiger partial charge in [-0.05, 0) is 80.8 Å². The van der Waals surface area contributed by atoms with E-state index >= 15 is 0 Å². The highest BCUT2D eigenvalue weighted by atomic mass is 32.2. The molecule has 0 radical (unpaired) electrons. The highest BCUT2D eigenvalue weighted by Gasteiger charge is 2.21. The first kappa shape index (κ1) is 24.0. The second-order valence-electron chi connectivity index (χ2n) is 8.37. The molecule has 0 saturated heterocycles. The number of carbonyl (C=O) groups excluding carboxylic acids is 2. The second kappa shape index (κ2) is 9.46. The molecular weight excluding hydrogens is 442 g/mol. The third-order valence-electron chi connectivity index (χ3n) is 4.54. The zero-order valence-corrected chi connectivity index (χ0v) is 19.6. The molecule has 7 nitrogen and oxygen atoms in total. The largest absolute Gasteiger partial charge is 0.514 e. The Morgan fingerprint density at radius 1 is 0.879 bits per heavy atom. The van der Waals surface area contributed by atoms with E-state index in [0.29, 0.717) is 0 Å². The van der Waals surface area contributed by atoms with Crippen molar-refractivity contribution in [3.8, 4) is 16.9 Å². The van der Waals surface area contributed by atoms with Gasteiger partial charge in [-0.15, -0.1) is 0 Å². The standard InChI is InChI=1S/C25H25NO6S/c1-17-10-15-21(16-22(17)18-8-6-5-7-9-18)33(29,30)26-23(27)19-11-13-20(14-12-19)31-24(28)32-25(2,3)4/h5-16H,1-4H3,(H,26,27). The first-order valence-electron chi connectivity index (χ1n) is 10.2. The zero-order valence-electron chi connectivity index (χ0n) is 18.8. The van der Waals surface area contributed by atoms with Gasteiger partial charge in [-0.25, -0.2) is 17.9 Å². The summed E-state index contributed by atoms with van der Waals surface area (Å²) in [7, 11) is -4.11. The fourth-order valence-electron chi connectivity index (χ4n) is 2.98. The molecule has 0 aliphatic carbocycles. The Morgan fingerprint density at radius 3 is 2.12 bits per heavy atom. The molecule has 3 aromatic carbocycles. The molecule has 1 N–H and O–H groups in total. The molecule has 172 valence electrons. The minimum Gasteiger partial charge on any atom is -0.428 e. The van der Waals surface area contributed by atoms with Crippen molar-refractivity contribution in [3.05, 3.63) is 83.9 Å². The average molecular weight is 468 g/mol. The Morgan fingerprint density at radius 2 is 1.52 bits per heavy atom. The third-order valence-corrected chi connectivity index (χ3v) is 5.87.